The number of nitrogens with one attached hydrogen (secondary N) is 1. The van der Waals surface area contributed by atoms with E-state index in [-0.39, 0.29) is 11.7 Å². The minimum Gasteiger partial charge on any atom is -0.380 e. The minimum absolute atomic E-state index is 0.0263. The van der Waals surface area contributed by atoms with Crippen molar-refractivity contribution in [2.45, 2.75) is 31.9 Å². The summed E-state index contributed by atoms with van der Waals surface area (Å²) >= 11 is 0. The van der Waals surface area contributed by atoms with Crippen LogP contribution in [0.4, 0.5) is 5.69 Å². The predicted octanol–water partition coefficient (Wildman–Crippen LogP) is 0.468. The molecule has 116 valence electrons. The van der Waals surface area contributed by atoms with Gasteiger partial charge in [0.15, 0.2) is 0 Å². The van der Waals surface area contributed by atoms with Crippen LogP contribution in [0.2, 0.25) is 0 Å². The van der Waals surface area contributed by atoms with Crippen molar-refractivity contribution in [1.29, 1.82) is 0 Å². The average molecular weight is 292 g/mol. The van der Waals surface area contributed by atoms with E-state index in [0.717, 1.165) is 44.2 Å². The van der Waals surface area contributed by atoms with E-state index < -0.39 is 0 Å². The van der Waals surface area contributed by atoms with Gasteiger partial charge in [-0.1, -0.05) is 0 Å². The first kappa shape index (κ1) is 14.5. The third kappa shape index (κ3) is 3.83. The van der Waals surface area contributed by atoms with E-state index in [1.807, 2.05) is 0 Å². The Balaban J connectivity index is 1.53. The maximum absolute atomic E-state index is 12.1. The monoisotopic (exact) mass is 292 g/mol. The maximum atomic E-state index is 12.1. The van der Waals surface area contributed by atoms with Crippen LogP contribution in [0.15, 0.2) is 17.1 Å². The fraction of sp³-hybridized carbons (Fsp3) is 0.733. The Hall–Kier alpha value is -1.40. The Morgan fingerprint density at radius 3 is 2.95 bits per heavy atom. The molecule has 1 aromatic heterocycles. The lowest BCUT2D eigenvalue weighted by Gasteiger charge is -2.18. The van der Waals surface area contributed by atoms with Gasteiger partial charge in [-0.25, -0.2) is 4.68 Å². The van der Waals surface area contributed by atoms with Gasteiger partial charge in [-0.15, -0.1) is 0 Å². The summed E-state index contributed by atoms with van der Waals surface area (Å²) in [6.07, 6.45) is 5.75. The molecular formula is C15H24N4O2. The van der Waals surface area contributed by atoms with Crippen molar-refractivity contribution >= 4 is 5.69 Å². The molecule has 1 aliphatic carbocycles. The summed E-state index contributed by atoms with van der Waals surface area (Å²) in [5.74, 6) is 0.862. The molecule has 1 saturated carbocycles. The number of hydrogen-bond acceptors (Lipinski definition) is 5. The van der Waals surface area contributed by atoms with Crippen molar-refractivity contribution < 1.29 is 4.74 Å². The number of ether oxygens (including phenoxy) is 1. The van der Waals surface area contributed by atoms with Gasteiger partial charge in [0, 0.05) is 32.8 Å². The molecule has 0 aromatic carbocycles. The second-order valence-corrected chi connectivity index (χ2v) is 6.02. The van der Waals surface area contributed by atoms with E-state index in [2.05, 4.69) is 15.3 Å². The minimum atomic E-state index is -0.0263. The van der Waals surface area contributed by atoms with Crippen LogP contribution >= 0.6 is 0 Å². The SMILES string of the molecule is COC1CCN(c2cnn(CCNCC3CC3)c(=O)c2)C1. The zero-order chi connectivity index (χ0) is 14.7. The highest BCUT2D eigenvalue weighted by molar-refractivity contribution is 5.44. The summed E-state index contributed by atoms with van der Waals surface area (Å²) in [5, 5.41) is 7.67. The van der Waals surface area contributed by atoms with Crippen molar-refractivity contribution in [3.63, 3.8) is 0 Å². The molecule has 1 atom stereocenters. The van der Waals surface area contributed by atoms with E-state index in [1.54, 1.807) is 19.4 Å². The smallest absolute Gasteiger partial charge is 0.268 e. The molecule has 2 aliphatic rings. The van der Waals surface area contributed by atoms with Crippen LogP contribution in [0, 0.1) is 5.92 Å². The normalized spacial score (nSPS) is 22.0. The van der Waals surface area contributed by atoms with Crippen molar-refractivity contribution in [2.75, 3.05) is 38.2 Å². The van der Waals surface area contributed by atoms with Crippen LogP contribution in [0.1, 0.15) is 19.3 Å². The molecule has 1 aliphatic heterocycles. The van der Waals surface area contributed by atoms with E-state index in [9.17, 15) is 4.79 Å². The largest absolute Gasteiger partial charge is 0.380 e. The molecule has 2 heterocycles. The number of anilines is 1. The summed E-state index contributed by atoms with van der Waals surface area (Å²) in [4.78, 5) is 14.3. The summed E-state index contributed by atoms with van der Waals surface area (Å²) in [6.45, 7) is 4.26. The zero-order valence-corrected chi connectivity index (χ0v) is 12.6. The first-order valence-corrected chi connectivity index (χ1v) is 7.82. The molecule has 0 amide bonds. The van der Waals surface area contributed by atoms with Gasteiger partial charge >= 0.3 is 0 Å². The van der Waals surface area contributed by atoms with Gasteiger partial charge in [0.2, 0.25) is 0 Å². The van der Waals surface area contributed by atoms with Crippen molar-refractivity contribution in [1.82, 2.24) is 15.1 Å². The first-order valence-electron chi connectivity index (χ1n) is 7.82. The third-order valence-electron chi connectivity index (χ3n) is 4.33. The molecule has 21 heavy (non-hydrogen) atoms. The van der Waals surface area contributed by atoms with Gasteiger partial charge in [-0.3, -0.25) is 4.79 Å². The van der Waals surface area contributed by atoms with Crippen LogP contribution in [0.5, 0.6) is 0 Å². The molecule has 0 radical (unpaired) electrons. The van der Waals surface area contributed by atoms with Crippen LogP contribution in [0.25, 0.3) is 0 Å². The zero-order valence-electron chi connectivity index (χ0n) is 12.6. The molecule has 6 nitrogen and oxygen atoms in total. The van der Waals surface area contributed by atoms with Crippen LogP contribution < -0.4 is 15.8 Å². The highest BCUT2D eigenvalue weighted by atomic mass is 16.5. The fourth-order valence-corrected chi connectivity index (χ4v) is 2.73. The van der Waals surface area contributed by atoms with Gasteiger partial charge in [0.05, 0.1) is 24.5 Å². The summed E-state index contributed by atoms with van der Waals surface area (Å²) in [6, 6.07) is 1.69. The Morgan fingerprint density at radius 2 is 2.29 bits per heavy atom. The van der Waals surface area contributed by atoms with Gasteiger partial charge in [0.25, 0.3) is 5.56 Å². The standard InChI is InChI=1S/C15H24N4O2/c1-21-14-4-6-18(11-14)13-8-15(20)19(17-10-13)7-5-16-9-12-2-3-12/h8,10,12,14,16H,2-7,9,11H2,1H3. The lowest BCUT2D eigenvalue weighted by molar-refractivity contribution is 0.121. The third-order valence-corrected chi connectivity index (χ3v) is 4.33. The average Bonchev–Trinajstić information content (AvgIpc) is 3.19. The topological polar surface area (TPSA) is 59.4 Å². The van der Waals surface area contributed by atoms with Crippen LogP contribution in [0.3, 0.4) is 0 Å². The Kier molecular flexibility index (Phi) is 4.55. The number of methoxy groups -OCH3 is 1. The summed E-state index contributed by atoms with van der Waals surface area (Å²) in [7, 11) is 1.74. The molecule has 6 heteroatoms. The first-order chi connectivity index (χ1) is 10.3. The van der Waals surface area contributed by atoms with Gasteiger partial charge < -0.3 is 15.0 Å². The highest BCUT2D eigenvalue weighted by Crippen LogP contribution is 2.27. The van der Waals surface area contributed by atoms with E-state index >= 15 is 0 Å². The van der Waals surface area contributed by atoms with Gasteiger partial charge in [-0.2, -0.15) is 5.10 Å². The van der Waals surface area contributed by atoms with Crippen molar-refractivity contribution in [2.24, 2.45) is 5.92 Å². The molecule has 2 fully saturated rings. The Labute approximate surface area is 125 Å². The molecule has 1 unspecified atom stereocenters. The Morgan fingerprint density at radius 1 is 1.43 bits per heavy atom. The predicted molar refractivity (Wildman–Crippen MR) is 81.7 cm³/mol. The second kappa shape index (κ2) is 6.58. The second-order valence-electron chi connectivity index (χ2n) is 6.02. The molecule has 0 spiro atoms. The highest BCUT2D eigenvalue weighted by Gasteiger charge is 2.23. The molecule has 1 aromatic rings. The van der Waals surface area contributed by atoms with Crippen LogP contribution in [-0.2, 0) is 11.3 Å². The van der Waals surface area contributed by atoms with E-state index in [1.165, 1.54) is 17.5 Å². The lowest BCUT2D eigenvalue weighted by atomic mass is 10.3. The number of rotatable bonds is 7. The number of hydrogen-bond donors (Lipinski definition) is 1. The lowest BCUT2D eigenvalue weighted by Crippen LogP contribution is -2.31. The molecule has 1 saturated heterocycles. The van der Waals surface area contributed by atoms with Gasteiger partial charge in [0.1, 0.15) is 0 Å². The summed E-state index contributed by atoms with van der Waals surface area (Å²) < 4.78 is 6.89. The van der Waals surface area contributed by atoms with E-state index in [4.69, 9.17) is 4.74 Å². The van der Waals surface area contributed by atoms with E-state index in [0.29, 0.717) is 6.54 Å². The molecular weight excluding hydrogens is 268 g/mol. The quantitative estimate of drug-likeness (QED) is 0.740. The fourth-order valence-electron chi connectivity index (χ4n) is 2.73. The number of nitrogens with zero attached hydrogens (tertiary/aromatic N) is 3. The Bertz CT molecular complexity index is 527. The van der Waals surface area contributed by atoms with Crippen molar-refractivity contribution in [3.05, 3.63) is 22.6 Å². The number of aromatic nitrogens is 2. The summed E-state index contributed by atoms with van der Waals surface area (Å²) in [5.41, 5.74) is 0.878. The maximum Gasteiger partial charge on any atom is 0.268 e. The van der Waals surface area contributed by atoms with Gasteiger partial charge in [-0.05, 0) is 31.7 Å². The van der Waals surface area contributed by atoms with Crippen molar-refractivity contribution in [3.8, 4) is 0 Å². The van der Waals surface area contributed by atoms with Crippen LogP contribution in [-0.4, -0.2) is 49.2 Å². The molecule has 0 bridgehead atoms. The molecule has 1 N–H and O–H groups in total. The molecule has 3 rings (SSSR count).